The molecule has 0 aliphatic carbocycles. The molecule has 0 fully saturated rings. The second kappa shape index (κ2) is 11.6. The molecule has 3 aromatic rings. The van der Waals surface area contributed by atoms with E-state index in [9.17, 15) is 14.7 Å². The van der Waals surface area contributed by atoms with Gasteiger partial charge in [-0.1, -0.05) is 44.2 Å². The van der Waals surface area contributed by atoms with Crippen molar-refractivity contribution < 1.29 is 23.8 Å². The van der Waals surface area contributed by atoms with Crippen molar-refractivity contribution in [3.05, 3.63) is 81.1 Å². The van der Waals surface area contributed by atoms with Crippen LogP contribution in [-0.4, -0.2) is 37.0 Å². The number of rotatable bonds is 11. The average molecular weight is 485 g/mol. The van der Waals surface area contributed by atoms with Crippen molar-refractivity contribution >= 4 is 12.0 Å². The monoisotopic (exact) mass is 484 g/mol. The van der Waals surface area contributed by atoms with Gasteiger partial charge in [-0.25, -0.2) is 19.0 Å². The zero-order valence-electron chi connectivity index (χ0n) is 20.2. The van der Waals surface area contributed by atoms with Crippen molar-refractivity contribution in [2.24, 2.45) is 0 Å². The van der Waals surface area contributed by atoms with Crippen LogP contribution >= 0.6 is 0 Å². The highest BCUT2D eigenvalue weighted by molar-refractivity contribution is 5.93. The molecule has 0 radical (unpaired) electrons. The number of aromatic carboxylic acids is 1. The minimum Gasteiger partial charge on any atom is -0.501 e. The average Bonchev–Trinajstić information content (AvgIpc) is 3.14. The molecule has 0 atom stereocenters. The number of ether oxygens (including phenoxy) is 2. The third-order valence-electron chi connectivity index (χ3n) is 5.26. The van der Waals surface area contributed by atoms with Crippen LogP contribution in [0, 0.1) is 5.82 Å². The van der Waals surface area contributed by atoms with Crippen molar-refractivity contribution in [3.8, 4) is 5.82 Å². The Morgan fingerprint density at radius 3 is 2.51 bits per heavy atom. The third kappa shape index (κ3) is 5.65. The van der Waals surface area contributed by atoms with Gasteiger partial charge in [-0.3, -0.25) is 4.57 Å². The first-order chi connectivity index (χ1) is 16.8. The van der Waals surface area contributed by atoms with Crippen LogP contribution in [0.3, 0.4) is 0 Å². The van der Waals surface area contributed by atoms with Crippen molar-refractivity contribution in [3.63, 3.8) is 0 Å². The minimum absolute atomic E-state index is 0.0218. The highest BCUT2D eigenvalue weighted by Gasteiger charge is 2.28. The molecule has 186 valence electrons. The van der Waals surface area contributed by atoms with E-state index in [1.54, 1.807) is 27.7 Å². The molecule has 0 bridgehead atoms. The summed E-state index contributed by atoms with van der Waals surface area (Å²) in [6, 6.07) is 9.53. The van der Waals surface area contributed by atoms with E-state index in [2.05, 4.69) is 10.1 Å². The van der Waals surface area contributed by atoms with E-state index in [0.717, 1.165) is 10.2 Å². The molecule has 10 heteroatoms. The van der Waals surface area contributed by atoms with Gasteiger partial charge in [0.05, 0.1) is 30.7 Å². The largest absolute Gasteiger partial charge is 0.501 e. The van der Waals surface area contributed by atoms with Crippen LogP contribution in [-0.2, 0) is 29.2 Å². The molecule has 0 saturated heterocycles. The van der Waals surface area contributed by atoms with Crippen LogP contribution < -0.4 is 5.69 Å². The number of carboxylic acids is 1. The van der Waals surface area contributed by atoms with E-state index in [0.29, 0.717) is 19.0 Å². The first-order valence-electron chi connectivity index (χ1n) is 11.4. The van der Waals surface area contributed by atoms with Gasteiger partial charge < -0.3 is 14.6 Å². The lowest BCUT2D eigenvalue weighted by Crippen LogP contribution is -2.26. The zero-order valence-corrected chi connectivity index (χ0v) is 20.2. The quantitative estimate of drug-likeness (QED) is 0.408. The van der Waals surface area contributed by atoms with Crippen molar-refractivity contribution in [2.45, 2.75) is 53.4 Å². The smallest absolute Gasteiger partial charge is 0.352 e. The third-order valence-corrected chi connectivity index (χ3v) is 5.26. The van der Waals surface area contributed by atoms with Gasteiger partial charge in [0.25, 0.3) is 0 Å². The number of carbonyl (C=O) groups is 1. The van der Waals surface area contributed by atoms with E-state index in [-0.39, 0.29) is 35.8 Å². The zero-order chi connectivity index (χ0) is 25.5. The Morgan fingerprint density at radius 1 is 1.20 bits per heavy atom. The van der Waals surface area contributed by atoms with Gasteiger partial charge in [-0.2, -0.15) is 4.68 Å². The molecule has 0 unspecified atom stereocenters. The molecular formula is C25H29FN4O5. The Morgan fingerprint density at radius 2 is 1.91 bits per heavy atom. The van der Waals surface area contributed by atoms with Gasteiger partial charge in [-0.05, 0) is 31.4 Å². The Labute approximate surface area is 202 Å². The van der Waals surface area contributed by atoms with Crippen LogP contribution in [0.1, 0.15) is 66.6 Å². The Kier molecular flexibility index (Phi) is 8.53. The molecule has 0 spiro atoms. The van der Waals surface area contributed by atoms with Crippen LogP contribution in [0.15, 0.2) is 41.4 Å². The number of halogens is 1. The predicted molar refractivity (Wildman–Crippen MR) is 128 cm³/mol. The van der Waals surface area contributed by atoms with Crippen molar-refractivity contribution in [2.75, 3.05) is 6.61 Å². The number of hydrogen-bond donors (Lipinski definition) is 1. The van der Waals surface area contributed by atoms with Gasteiger partial charge in [0.1, 0.15) is 6.61 Å². The molecule has 0 saturated carbocycles. The summed E-state index contributed by atoms with van der Waals surface area (Å²) >= 11 is 0. The lowest BCUT2D eigenvalue weighted by atomic mass is 9.95. The van der Waals surface area contributed by atoms with E-state index in [1.165, 1.54) is 16.9 Å². The number of hydrogen-bond acceptors (Lipinski definition) is 6. The first kappa shape index (κ1) is 25.8. The summed E-state index contributed by atoms with van der Waals surface area (Å²) in [5.74, 6) is -2.82. The fourth-order valence-corrected chi connectivity index (χ4v) is 3.66. The number of nitrogens with zero attached hydrogens (tertiary/aromatic N) is 4. The first-order valence-corrected chi connectivity index (χ1v) is 11.4. The molecule has 35 heavy (non-hydrogen) atoms. The molecule has 1 N–H and O–H groups in total. The Balaban J connectivity index is 2.09. The second-order valence-electron chi connectivity index (χ2n) is 7.97. The topological polar surface area (TPSA) is 108 Å². The minimum atomic E-state index is -1.33. The fraction of sp³-hybridized carbons (Fsp3) is 0.360. The van der Waals surface area contributed by atoms with E-state index >= 15 is 4.39 Å². The lowest BCUT2D eigenvalue weighted by molar-refractivity contribution is 0.0693. The van der Waals surface area contributed by atoms with Gasteiger partial charge in [0, 0.05) is 12.1 Å². The summed E-state index contributed by atoms with van der Waals surface area (Å²) in [5.41, 5.74) is -0.0349. The van der Waals surface area contributed by atoms with E-state index in [4.69, 9.17) is 9.47 Å². The maximum atomic E-state index is 15.7. The predicted octanol–water partition coefficient (Wildman–Crippen LogP) is 4.13. The molecule has 9 nitrogen and oxygen atoms in total. The van der Waals surface area contributed by atoms with Crippen molar-refractivity contribution in [1.82, 2.24) is 19.3 Å². The van der Waals surface area contributed by atoms with Gasteiger partial charge >= 0.3 is 11.7 Å². The summed E-state index contributed by atoms with van der Waals surface area (Å²) in [4.78, 5) is 29.3. The number of benzene rings is 1. The summed E-state index contributed by atoms with van der Waals surface area (Å²) in [7, 11) is 0. The van der Waals surface area contributed by atoms with Gasteiger partial charge in [-0.15, -0.1) is 5.10 Å². The number of aromatic nitrogens is 4. The van der Waals surface area contributed by atoms with Crippen LogP contribution in [0.4, 0.5) is 4.39 Å². The maximum absolute atomic E-state index is 15.7. The van der Waals surface area contributed by atoms with Gasteiger partial charge in [0.15, 0.2) is 17.5 Å². The summed E-state index contributed by atoms with van der Waals surface area (Å²) in [6.45, 7) is 7.85. The number of carboxylic acid groups (broad SMARTS) is 1. The van der Waals surface area contributed by atoms with E-state index < -0.39 is 23.4 Å². The molecule has 2 aromatic heterocycles. The van der Waals surface area contributed by atoms with Crippen LogP contribution in [0.2, 0.25) is 0 Å². The van der Waals surface area contributed by atoms with Crippen LogP contribution in [0.25, 0.3) is 11.9 Å². The SMILES string of the molecule is CCOC=Cc1nc(-n2nc(COCc3ccccc3)n(CC)c2=O)c(F)c(C(C)C)c1C(=O)O. The van der Waals surface area contributed by atoms with E-state index in [1.807, 2.05) is 30.3 Å². The molecule has 0 aliphatic rings. The van der Waals surface area contributed by atoms with Crippen molar-refractivity contribution in [1.29, 1.82) is 0 Å². The maximum Gasteiger partial charge on any atom is 0.352 e. The van der Waals surface area contributed by atoms with Crippen LogP contribution in [0.5, 0.6) is 0 Å². The summed E-state index contributed by atoms with van der Waals surface area (Å²) in [6.07, 6.45) is 2.63. The lowest BCUT2D eigenvalue weighted by Gasteiger charge is -2.16. The number of pyridine rings is 1. The Hall–Kier alpha value is -3.79. The molecule has 0 amide bonds. The summed E-state index contributed by atoms with van der Waals surface area (Å²) in [5, 5.41) is 14.1. The molecule has 3 rings (SSSR count). The molecule has 0 aliphatic heterocycles. The molecule has 1 aromatic carbocycles. The highest BCUT2D eigenvalue weighted by Crippen LogP contribution is 2.29. The summed E-state index contributed by atoms with van der Waals surface area (Å²) < 4.78 is 28.8. The Bertz CT molecular complexity index is 1270. The highest BCUT2D eigenvalue weighted by atomic mass is 19.1. The normalized spacial score (nSPS) is 11.5. The molecular weight excluding hydrogens is 455 g/mol. The standard InChI is InChI=1S/C25H29FN4O5/c1-5-29-19(15-35-14-17-10-8-7-9-11-17)28-30(25(29)33)23-22(26)20(16(3)4)21(24(31)32)18(27-23)12-13-34-6-2/h7-13,16H,5-6,14-15H2,1-4H3,(H,31,32). The fourth-order valence-electron chi connectivity index (χ4n) is 3.66. The molecule has 2 heterocycles. The van der Waals surface area contributed by atoms with Gasteiger partial charge in [0.2, 0.25) is 0 Å². The second-order valence-corrected chi connectivity index (χ2v) is 7.97.